The van der Waals surface area contributed by atoms with Crippen LogP contribution in [0, 0.1) is 5.92 Å². The van der Waals surface area contributed by atoms with Crippen molar-refractivity contribution < 1.29 is 22.7 Å². The highest BCUT2D eigenvalue weighted by atomic mass is 19.4. The Hall–Kier alpha value is -0.780. The first-order valence-electron chi connectivity index (χ1n) is 5.89. The van der Waals surface area contributed by atoms with Crippen LogP contribution in [0.4, 0.5) is 13.2 Å². The normalized spacial score (nSPS) is 25.6. The molecule has 0 unspecified atom stereocenters. The van der Waals surface area contributed by atoms with Crippen molar-refractivity contribution in [1.82, 2.24) is 5.32 Å². The molecule has 1 aliphatic rings. The highest BCUT2D eigenvalue weighted by Crippen LogP contribution is 2.26. The summed E-state index contributed by atoms with van der Waals surface area (Å²) >= 11 is 0. The average molecular weight is 253 g/mol. The zero-order valence-corrected chi connectivity index (χ0v) is 9.85. The van der Waals surface area contributed by atoms with Crippen molar-refractivity contribution in [2.24, 2.45) is 5.92 Å². The van der Waals surface area contributed by atoms with E-state index < -0.39 is 12.7 Å². The summed E-state index contributed by atoms with van der Waals surface area (Å²) in [6.45, 7) is 1.14. The van der Waals surface area contributed by atoms with Crippen molar-refractivity contribution in [3.05, 3.63) is 0 Å². The summed E-state index contributed by atoms with van der Waals surface area (Å²) in [4.78, 5) is 11.4. The molecule has 1 saturated carbocycles. The number of nitrogens with one attached hydrogen (secondary N) is 1. The van der Waals surface area contributed by atoms with Crippen LogP contribution in [0.15, 0.2) is 0 Å². The molecular weight excluding hydrogens is 235 g/mol. The largest absolute Gasteiger partial charge is 0.466 e. The lowest BCUT2D eigenvalue weighted by molar-refractivity contribution is -0.149. The van der Waals surface area contributed by atoms with Crippen molar-refractivity contribution in [3.8, 4) is 0 Å². The fraction of sp³-hybridized carbons (Fsp3) is 0.909. The first-order chi connectivity index (χ1) is 7.92. The lowest BCUT2D eigenvalue weighted by Crippen LogP contribution is -2.40. The van der Waals surface area contributed by atoms with E-state index in [1.807, 2.05) is 0 Å². The summed E-state index contributed by atoms with van der Waals surface area (Å²) in [5, 5.41) is 2.48. The van der Waals surface area contributed by atoms with Gasteiger partial charge in [-0.2, -0.15) is 13.2 Å². The summed E-state index contributed by atoms with van der Waals surface area (Å²) in [5.74, 6) is -0.361. The first-order valence-corrected chi connectivity index (χ1v) is 5.89. The van der Waals surface area contributed by atoms with Gasteiger partial charge in [-0.25, -0.2) is 0 Å². The van der Waals surface area contributed by atoms with E-state index in [0.29, 0.717) is 32.3 Å². The summed E-state index contributed by atoms with van der Waals surface area (Å²) in [6, 6.07) is -0.137. The fourth-order valence-corrected chi connectivity index (χ4v) is 2.05. The predicted octanol–water partition coefficient (Wildman–Crippen LogP) is 2.26. The number of alkyl halides is 3. The number of ether oxygens (including phenoxy) is 1. The highest BCUT2D eigenvalue weighted by molar-refractivity contribution is 5.72. The van der Waals surface area contributed by atoms with Gasteiger partial charge in [-0.05, 0) is 32.6 Å². The van der Waals surface area contributed by atoms with Gasteiger partial charge in [0.2, 0.25) is 0 Å². The Morgan fingerprint density at radius 3 is 2.35 bits per heavy atom. The van der Waals surface area contributed by atoms with E-state index >= 15 is 0 Å². The van der Waals surface area contributed by atoms with Crippen LogP contribution in [0.3, 0.4) is 0 Å². The smallest absolute Gasteiger partial charge is 0.401 e. The van der Waals surface area contributed by atoms with Gasteiger partial charge in [-0.1, -0.05) is 0 Å². The van der Waals surface area contributed by atoms with Crippen LogP contribution in [0.1, 0.15) is 32.6 Å². The van der Waals surface area contributed by atoms with Crippen LogP contribution in [0.25, 0.3) is 0 Å². The Kier molecular flexibility index (Phi) is 5.24. The van der Waals surface area contributed by atoms with E-state index in [4.69, 9.17) is 4.74 Å². The summed E-state index contributed by atoms with van der Waals surface area (Å²) in [7, 11) is 0. The molecule has 0 radical (unpaired) electrons. The van der Waals surface area contributed by atoms with Gasteiger partial charge in [0.15, 0.2) is 0 Å². The van der Waals surface area contributed by atoms with Crippen LogP contribution in [-0.2, 0) is 9.53 Å². The van der Waals surface area contributed by atoms with Crippen LogP contribution < -0.4 is 5.32 Å². The molecule has 0 saturated heterocycles. The van der Waals surface area contributed by atoms with Gasteiger partial charge in [0.1, 0.15) is 0 Å². The van der Waals surface area contributed by atoms with Crippen LogP contribution >= 0.6 is 0 Å². The summed E-state index contributed by atoms with van der Waals surface area (Å²) in [6.07, 6.45) is -1.76. The zero-order valence-electron chi connectivity index (χ0n) is 9.85. The zero-order chi connectivity index (χ0) is 12.9. The number of rotatable bonds is 4. The molecule has 0 aromatic heterocycles. The maximum absolute atomic E-state index is 12.0. The molecule has 6 heteroatoms. The fourth-order valence-electron chi connectivity index (χ4n) is 2.05. The van der Waals surface area contributed by atoms with Gasteiger partial charge in [0.25, 0.3) is 0 Å². The van der Waals surface area contributed by atoms with Gasteiger partial charge in [-0.3, -0.25) is 4.79 Å². The Labute approximate surface area is 98.7 Å². The lowest BCUT2D eigenvalue weighted by atomic mass is 9.86. The molecule has 0 aromatic rings. The summed E-state index contributed by atoms with van der Waals surface area (Å²) in [5.41, 5.74) is 0. The second-order valence-corrected chi connectivity index (χ2v) is 4.30. The topological polar surface area (TPSA) is 38.3 Å². The van der Waals surface area contributed by atoms with E-state index in [2.05, 4.69) is 5.32 Å². The molecule has 0 aliphatic heterocycles. The van der Waals surface area contributed by atoms with E-state index in [0.717, 1.165) is 0 Å². The van der Waals surface area contributed by atoms with Crippen molar-refractivity contribution in [2.45, 2.75) is 44.8 Å². The minimum Gasteiger partial charge on any atom is -0.466 e. The Morgan fingerprint density at radius 2 is 1.88 bits per heavy atom. The van der Waals surface area contributed by atoms with E-state index in [1.54, 1.807) is 6.92 Å². The lowest BCUT2D eigenvalue weighted by Gasteiger charge is -2.28. The molecule has 0 atom stereocenters. The second-order valence-electron chi connectivity index (χ2n) is 4.30. The minimum absolute atomic E-state index is 0.137. The monoisotopic (exact) mass is 253 g/mol. The first kappa shape index (κ1) is 14.3. The number of esters is 1. The van der Waals surface area contributed by atoms with Crippen molar-refractivity contribution in [2.75, 3.05) is 13.2 Å². The van der Waals surface area contributed by atoms with Crippen molar-refractivity contribution >= 4 is 5.97 Å². The maximum Gasteiger partial charge on any atom is 0.401 e. The second kappa shape index (κ2) is 6.23. The molecule has 0 aromatic carbocycles. The molecule has 0 heterocycles. The Morgan fingerprint density at radius 1 is 1.29 bits per heavy atom. The van der Waals surface area contributed by atoms with Crippen LogP contribution in [-0.4, -0.2) is 31.3 Å². The molecular formula is C11H18F3NO2. The third-order valence-electron chi connectivity index (χ3n) is 2.94. The van der Waals surface area contributed by atoms with Gasteiger partial charge < -0.3 is 10.1 Å². The van der Waals surface area contributed by atoms with Gasteiger partial charge in [-0.15, -0.1) is 0 Å². The highest BCUT2D eigenvalue weighted by Gasteiger charge is 2.31. The molecule has 1 N–H and O–H groups in total. The molecule has 1 fully saturated rings. The van der Waals surface area contributed by atoms with Gasteiger partial charge >= 0.3 is 12.1 Å². The average Bonchev–Trinajstić information content (AvgIpc) is 2.26. The molecule has 1 rings (SSSR count). The Bertz CT molecular complexity index is 248. The third kappa shape index (κ3) is 5.39. The molecule has 0 amide bonds. The van der Waals surface area contributed by atoms with E-state index in [-0.39, 0.29) is 17.9 Å². The van der Waals surface area contributed by atoms with E-state index in [9.17, 15) is 18.0 Å². The Balaban J connectivity index is 2.24. The van der Waals surface area contributed by atoms with Crippen molar-refractivity contribution in [1.29, 1.82) is 0 Å². The van der Waals surface area contributed by atoms with Crippen molar-refractivity contribution in [3.63, 3.8) is 0 Å². The summed E-state index contributed by atoms with van der Waals surface area (Å²) < 4.78 is 40.8. The quantitative estimate of drug-likeness (QED) is 0.781. The number of hydrogen-bond donors (Lipinski definition) is 1. The SMILES string of the molecule is CCOC(=O)C1CCC(NCC(F)(F)F)CC1. The van der Waals surface area contributed by atoms with E-state index in [1.165, 1.54) is 0 Å². The number of carbonyl (C=O) groups is 1. The maximum atomic E-state index is 12.0. The molecule has 17 heavy (non-hydrogen) atoms. The predicted molar refractivity (Wildman–Crippen MR) is 56.4 cm³/mol. The van der Waals surface area contributed by atoms with Gasteiger partial charge in [0.05, 0.1) is 19.1 Å². The van der Waals surface area contributed by atoms with Gasteiger partial charge in [0, 0.05) is 6.04 Å². The van der Waals surface area contributed by atoms with Crippen LogP contribution in [0.5, 0.6) is 0 Å². The number of halogens is 3. The minimum atomic E-state index is -4.17. The standard InChI is InChI=1S/C11H18F3NO2/c1-2-17-10(16)8-3-5-9(6-4-8)15-7-11(12,13)14/h8-9,15H,2-7H2,1H3. The number of hydrogen-bond acceptors (Lipinski definition) is 3. The third-order valence-corrected chi connectivity index (χ3v) is 2.94. The molecule has 100 valence electrons. The number of carbonyl (C=O) groups excluding carboxylic acids is 1. The van der Waals surface area contributed by atoms with Crippen LogP contribution in [0.2, 0.25) is 0 Å². The molecule has 0 spiro atoms. The molecule has 0 bridgehead atoms. The molecule has 3 nitrogen and oxygen atoms in total. The molecule has 1 aliphatic carbocycles.